The number of halogens is 4. The number of hydrogen-bond donors (Lipinski definition) is 1. The van der Waals surface area contributed by atoms with E-state index in [1.54, 1.807) is 24.3 Å². The lowest BCUT2D eigenvalue weighted by molar-refractivity contribution is -0.133. The number of benzene rings is 1. The number of anilines is 1. The molecule has 0 aromatic heterocycles. The first kappa shape index (κ1) is 15.2. The molecule has 1 N–H and O–H groups in total. The summed E-state index contributed by atoms with van der Waals surface area (Å²) in [5, 5.41) is 2.75. The number of rotatable bonds is 2. The minimum atomic E-state index is -4.52. The van der Waals surface area contributed by atoms with E-state index in [9.17, 15) is 18.0 Å². The molecule has 1 aliphatic rings. The van der Waals surface area contributed by atoms with E-state index >= 15 is 0 Å². The second kappa shape index (κ2) is 6.09. The predicted octanol–water partition coefficient (Wildman–Crippen LogP) is 3.92. The summed E-state index contributed by atoms with van der Waals surface area (Å²) in [5.41, 5.74) is 0.559. The molecule has 20 heavy (non-hydrogen) atoms. The van der Waals surface area contributed by atoms with Gasteiger partial charge in [0.15, 0.2) is 0 Å². The number of carbonyl (C=O) groups is 1. The van der Waals surface area contributed by atoms with E-state index < -0.39 is 23.1 Å². The highest BCUT2D eigenvalue weighted by atomic mass is 79.9. The summed E-state index contributed by atoms with van der Waals surface area (Å²) in [6.45, 7) is -0.313. The van der Waals surface area contributed by atoms with Crippen LogP contribution in [0, 0.1) is 0 Å². The van der Waals surface area contributed by atoms with E-state index in [2.05, 4.69) is 26.0 Å². The first-order valence-corrected chi connectivity index (χ1v) is 7.22. The zero-order valence-electron chi connectivity index (χ0n) is 9.91. The van der Waals surface area contributed by atoms with Gasteiger partial charge in [0.25, 0.3) is 0 Å². The summed E-state index contributed by atoms with van der Waals surface area (Å²) >= 11 is 4.07. The van der Waals surface area contributed by atoms with Crippen molar-refractivity contribution in [2.75, 3.05) is 11.9 Å². The van der Waals surface area contributed by atoms with Crippen LogP contribution in [0.15, 0.2) is 39.9 Å². The third-order valence-electron chi connectivity index (χ3n) is 2.43. The summed E-state index contributed by atoms with van der Waals surface area (Å²) in [5.74, 6) is -1.47. The summed E-state index contributed by atoms with van der Waals surface area (Å²) in [6.07, 6.45) is -4.52. The summed E-state index contributed by atoms with van der Waals surface area (Å²) in [7, 11) is 0. The Labute approximate surface area is 125 Å². The van der Waals surface area contributed by atoms with E-state index in [-0.39, 0.29) is 6.61 Å². The SMILES string of the molecule is O=C(Nc1ccccc1Br)C1COC(C(F)(F)F)=CS1. The van der Waals surface area contributed by atoms with Crippen LogP contribution in [-0.4, -0.2) is 23.9 Å². The molecule has 0 saturated heterocycles. The highest BCUT2D eigenvalue weighted by Crippen LogP contribution is 2.34. The lowest BCUT2D eigenvalue weighted by Crippen LogP contribution is -2.32. The van der Waals surface area contributed by atoms with Crippen LogP contribution in [0.1, 0.15) is 0 Å². The van der Waals surface area contributed by atoms with Crippen molar-refractivity contribution in [1.29, 1.82) is 0 Å². The van der Waals surface area contributed by atoms with Crippen molar-refractivity contribution < 1.29 is 22.7 Å². The number of thioether (sulfide) groups is 1. The molecule has 3 nitrogen and oxygen atoms in total. The highest BCUT2D eigenvalue weighted by molar-refractivity contribution is 9.10. The predicted molar refractivity (Wildman–Crippen MR) is 74.2 cm³/mol. The molecule has 1 unspecified atom stereocenters. The summed E-state index contributed by atoms with van der Waals surface area (Å²) in [6, 6.07) is 6.97. The minimum Gasteiger partial charge on any atom is -0.487 e. The van der Waals surface area contributed by atoms with Crippen LogP contribution in [-0.2, 0) is 9.53 Å². The largest absolute Gasteiger partial charge is 0.487 e. The molecule has 2 rings (SSSR count). The molecule has 1 aliphatic heterocycles. The average Bonchev–Trinajstić information content (AvgIpc) is 2.40. The van der Waals surface area contributed by atoms with Gasteiger partial charge in [0.2, 0.25) is 11.7 Å². The minimum absolute atomic E-state index is 0.313. The average molecular weight is 368 g/mol. The first-order chi connectivity index (χ1) is 9.38. The molecule has 0 saturated carbocycles. The maximum atomic E-state index is 12.4. The number of carbonyl (C=O) groups excluding carboxylic acids is 1. The molecule has 0 spiro atoms. The molecule has 1 amide bonds. The molecule has 8 heteroatoms. The Morgan fingerprint density at radius 2 is 2.10 bits per heavy atom. The third kappa shape index (κ3) is 3.69. The van der Waals surface area contributed by atoms with Crippen molar-refractivity contribution in [3.05, 3.63) is 39.9 Å². The van der Waals surface area contributed by atoms with Crippen molar-refractivity contribution in [3.8, 4) is 0 Å². The molecule has 1 aromatic carbocycles. The number of nitrogens with one attached hydrogen (secondary N) is 1. The van der Waals surface area contributed by atoms with E-state index in [1.807, 2.05) is 0 Å². The molecular formula is C12H9BrF3NO2S. The quantitative estimate of drug-likeness (QED) is 0.860. The van der Waals surface area contributed by atoms with E-state index in [1.165, 1.54) is 0 Å². The van der Waals surface area contributed by atoms with E-state index in [4.69, 9.17) is 0 Å². The number of amides is 1. The van der Waals surface area contributed by atoms with Gasteiger partial charge in [-0.2, -0.15) is 13.2 Å². The zero-order chi connectivity index (χ0) is 14.8. The first-order valence-electron chi connectivity index (χ1n) is 5.49. The van der Waals surface area contributed by atoms with Gasteiger partial charge in [-0.1, -0.05) is 12.1 Å². The molecule has 0 radical (unpaired) electrons. The van der Waals surface area contributed by atoms with Crippen LogP contribution >= 0.6 is 27.7 Å². The summed E-state index contributed by atoms with van der Waals surface area (Å²) in [4.78, 5) is 11.9. The lowest BCUT2D eigenvalue weighted by atomic mass is 10.3. The normalized spacial score (nSPS) is 19.0. The van der Waals surface area contributed by atoms with Crippen molar-refractivity contribution >= 4 is 39.3 Å². The second-order valence-corrected chi connectivity index (χ2v) is 5.82. The van der Waals surface area contributed by atoms with E-state index in [0.717, 1.165) is 17.2 Å². The monoisotopic (exact) mass is 367 g/mol. The van der Waals surface area contributed by atoms with Gasteiger partial charge < -0.3 is 10.1 Å². The Morgan fingerprint density at radius 1 is 1.40 bits per heavy atom. The van der Waals surface area contributed by atoms with Crippen molar-refractivity contribution in [3.63, 3.8) is 0 Å². The van der Waals surface area contributed by atoms with Gasteiger partial charge in [-0.25, -0.2) is 0 Å². The van der Waals surface area contributed by atoms with Crippen molar-refractivity contribution in [1.82, 2.24) is 0 Å². The number of alkyl halides is 3. The number of para-hydroxylation sites is 1. The standard InChI is InChI=1S/C12H9BrF3NO2S/c13-7-3-1-2-4-8(7)17-11(18)9-5-19-10(6-20-9)12(14,15)16/h1-4,6,9H,5H2,(H,17,18). The maximum Gasteiger partial charge on any atom is 0.449 e. The molecule has 0 bridgehead atoms. The Balaban J connectivity index is 1.99. The number of hydrogen-bond acceptors (Lipinski definition) is 3. The van der Waals surface area contributed by atoms with Gasteiger partial charge in [0.05, 0.1) is 5.69 Å². The molecular weight excluding hydrogens is 359 g/mol. The molecule has 1 atom stereocenters. The van der Waals surface area contributed by atoms with Gasteiger partial charge in [0.1, 0.15) is 11.9 Å². The molecule has 1 heterocycles. The Bertz CT molecular complexity index is 548. The van der Waals surface area contributed by atoms with Crippen molar-refractivity contribution in [2.24, 2.45) is 0 Å². The van der Waals surface area contributed by atoms with Crippen molar-refractivity contribution in [2.45, 2.75) is 11.4 Å². The Morgan fingerprint density at radius 3 is 2.65 bits per heavy atom. The topological polar surface area (TPSA) is 38.3 Å². The fourth-order valence-electron chi connectivity index (χ4n) is 1.44. The van der Waals surface area contributed by atoms with Crippen LogP contribution in [0.2, 0.25) is 0 Å². The van der Waals surface area contributed by atoms with E-state index in [0.29, 0.717) is 10.2 Å². The van der Waals surface area contributed by atoms with Gasteiger partial charge in [-0.05, 0) is 28.1 Å². The summed E-state index contributed by atoms with van der Waals surface area (Å²) < 4.78 is 42.4. The molecule has 0 aliphatic carbocycles. The highest BCUT2D eigenvalue weighted by Gasteiger charge is 2.39. The Kier molecular flexibility index (Phi) is 4.64. The third-order valence-corrected chi connectivity index (χ3v) is 4.15. The van der Waals surface area contributed by atoms with Gasteiger partial charge >= 0.3 is 6.18 Å². The smallest absolute Gasteiger partial charge is 0.449 e. The van der Waals surface area contributed by atoms with Crippen LogP contribution in [0.3, 0.4) is 0 Å². The van der Waals surface area contributed by atoms with Crippen LogP contribution in [0.25, 0.3) is 0 Å². The maximum absolute atomic E-state index is 12.4. The van der Waals surface area contributed by atoms with Gasteiger partial charge in [0, 0.05) is 9.88 Å². The van der Waals surface area contributed by atoms with Gasteiger partial charge in [-0.3, -0.25) is 4.79 Å². The number of ether oxygens (including phenoxy) is 1. The zero-order valence-corrected chi connectivity index (χ0v) is 12.3. The van der Waals surface area contributed by atoms with Crippen LogP contribution in [0.4, 0.5) is 18.9 Å². The molecule has 0 fully saturated rings. The Hall–Kier alpha value is -1.15. The van der Waals surface area contributed by atoms with Crippen LogP contribution in [0.5, 0.6) is 0 Å². The van der Waals surface area contributed by atoms with Crippen LogP contribution < -0.4 is 5.32 Å². The lowest BCUT2D eigenvalue weighted by Gasteiger charge is -2.23. The molecule has 108 valence electrons. The fourth-order valence-corrected chi connectivity index (χ4v) is 2.65. The second-order valence-electron chi connectivity index (χ2n) is 3.88. The molecule has 1 aromatic rings. The van der Waals surface area contributed by atoms with Gasteiger partial charge in [-0.15, -0.1) is 11.8 Å². The number of allylic oxidation sites excluding steroid dienone is 1. The fraction of sp³-hybridized carbons (Fsp3) is 0.250.